The molecule has 0 saturated carbocycles. The second-order valence-electron chi connectivity index (χ2n) is 9.82. The van der Waals surface area contributed by atoms with E-state index in [1.54, 1.807) is 0 Å². The molecule has 156 valence electrons. The third-order valence-corrected chi connectivity index (χ3v) is 6.49. The van der Waals surface area contributed by atoms with E-state index in [-0.39, 0.29) is 0 Å². The first kappa shape index (κ1) is 24.0. The van der Waals surface area contributed by atoms with Gasteiger partial charge in [0.15, 0.2) is 0 Å². The van der Waals surface area contributed by atoms with Gasteiger partial charge in [0.25, 0.3) is 0 Å². The maximum absolute atomic E-state index is 3.65. The molecule has 2 nitrogen and oxygen atoms in total. The van der Waals surface area contributed by atoms with E-state index >= 15 is 0 Å². The summed E-state index contributed by atoms with van der Waals surface area (Å²) >= 11 is 0. The van der Waals surface area contributed by atoms with Crippen molar-refractivity contribution in [1.82, 2.24) is 10.2 Å². The summed E-state index contributed by atoms with van der Waals surface area (Å²) in [6.45, 7) is 16.9. The lowest BCUT2D eigenvalue weighted by Gasteiger charge is -2.41. The molecule has 0 aliphatic carbocycles. The quantitative estimate of drug-likeness (QED) is 0.327. The Balaban J connectivity index is 2.00. The summed E-state index contributed by atoms with van der Waals surface area (Å²) < 4.78 is 0. The summed E-state index contributed by atoms with van der Waals surface area (Å²) in [6, 6.07) is 0.603. The number of unbranched alkanes of at least 4 members (excludes halogenated alkanes) is 9. The fourth-order valence-corrected chi connectivity index (χ4v) is 4.37. The molecular formula is C24H50N2. The van der Waals surface area contributed by atoms with Crippen LogP contribution in [0.25, 0.3) is 0 Å². The highest BCUT2D eigenvalue weighted by Gasteiger charge is 2.32. The molecule has 1 aliphatic rings. The van der Waals surface area contributed by atoms with Crippen LogP contribution in [0.4, 0.5) is 0 Å². The van der Waals surface area contributed by atoms with E-state index < -0.39 is 0 Å². The number of rotatable bonds is 15. The predicted octanol–water partition coefficient (Wildman–Crippen LogP) is 6.64. The van der Waals surface area contributed by atoms with E-state index in [0.29, 0.717) is 11.5 Å². The topological polar surface area (TPSA) is 15.3 Å². The summed E-state index contributed by atoms with van der Waals surface area (Å²) in [5.74, 6) is 0.887. The summed E-state index contributed by atoms with van der Waals surface area (Å²) in [6.07, 6.45) is 17.2. The van der Waals surface area contributed by atoms with E-state index in [4.69, 9.17) is 0 Å². The Labute approximate surface area is 165 Å². The highest BCUT2D eigenvalue weighted by atomic mass is 15.1. The lowest BCUT2D eigenvalue weighted by atomic mass is 9.73. The summed E-state index contributed by atoms with van der Waals surface area (Å²) in [5.41, 5.74) is 0.438. The van der Waals surface area contributed by atoms with Gasteiger partial charge in [-0.2, -0.15) is 0 Å². The van der Waals surface area contributed by atoms with Crippen molar-refractivity contribution in [2.45, 2.75) is 118 Å². The minimum Gasteiger partial charge on any atom is -0.314 e. The van der Waals surface area contributed by atoms with Gasteiger partial charge in [-0.3, -0.25) is 0 Å². The van der Waals surface area contributed by atoms with Gasteiger partial charge < -0.3 is 10.2 Å². The van der Waals surface area contributed by atoms with Crippen LogP contribution >= 0.6 is 0 Å². The molecule has 2 heteroatoms. The Morgan fingerprint density at radius 2 is 1.35 bits per heavy atom. The van der Waals surface area contributed by atoms with Gasteiger partial charge in [0.1, 0.15) is 0 Å². The minimum atomic E-state index is 0.438. The van der Waals surface area contributed by atoms with Crippen molar-refractivity contribution in [3.05, 3.63) is 0 Å². The van der Waals surface area contributed by atoms with Crippen molar-refractivity contribution in [3.63, 3.8) is 0 Å². The van der Waals surface area contributed by atoms with Crippen LogP contribution in [0.1, 0.15) is 112 Å². The average Bonchev–Trinajstić information content (AvgIpc) is 2.62. The Morgan fingerprint density at radius 3 is 1.85 bits per heavy atom. The Bertz CT molecular complexity index is 316. The van der Waals surface area contributed by atoms with Crippen molar-refractivity contribution in [2.24, 2.45) is 11.3 Å². The molecule has 1 heterocycles. The van der Waals surface area contributed by atoms with Crippen LogP contribution in [0.2, 0.25) is 0 Å². The molecule has 0 aromatic carbocycles. The molecule has 1 fully saturated rings. The van der Waals surface area contributed by atoms with Crippen molar-refractivity contribution in [1.29, 1.82) is 0 Å². The zero-order chi connectivity index (χ0) is 19.3. The molecule has 1 saturated heterocycles. The Kier molecular flexibility index (Phi) is 12.9. The van der Waals surface area contributed by atoms with E-state index in [2.05, 4.69) is 44.8 Å². The van der Waals surface area contributed by atoms with Crippen LogP contribution in [0, 0.1) is 11.3 Å². The molecule has 0 aromatic heterocycles. The predicted molar refractivity (Wildman–Crippen MR) is 118 cm³/mol. The molecule has 0 bridgehead atoms. The van der Waals surface area contributed by atoms with Gasteiger partial charge in [0.2, 0.25) is 0 Å². The number of hydrogen-bond acceptors (Lipinski definition) is 2. The van der Waals surface area contributed by atoms with E-state index in [0.717, 1.165) is 12.5 Å². The maximum Gasteiger partial charge on any atom is 0.00106 e. The SMILES string of the molecule is CCCCCCCCCCCCN1CCC(C(C)(C)CNC(C)C)CC1. The lowest BCUT2D eigenvalue weighted by Crippen LogP contribution is -2.44. The number of likely N-dealkylation sites (tertiary alicyclic amines) is 1. The first-order valence-corrected chi connectivity index (χ1v) is 11.9. The minimum absolute atomic E-state index is 0.438. The monoisotopic (exact) mass is 366 g/mol. The zero-order valence-corrected chi connectivity index (χ0v) is 18.9. The molecule has 0 spiro atoms. The Hall–Kier alpha value is -0.0800. The van der Waals surface area contributed by atoms with Crippen molar-refractivity contribution in [2.75, 3.05) is 26.2 Å². The first-order chi connectivity index (χ1) is 12.5. The number of nitrogens with one attached hydrogen (secondary N) is 1. The molecule has 1 N–H and O–H groups in total. The van der Waals surface area contributed by atoms with Crippen LogP contribution in [0.15, 0.2) is 0 Å². The molecule has 0 atom stereocenters. The van der Waals surface area contributed by atoms with E-state index in [1.807, 2.05) is 0 Å². The van der Waals surface area contributed by atoms with Gasteiger partial charge in [-0.25, -0.2) is 0 Å². The Morgan fingerprint density at radius 1 is 0.846 bits per heavy atom. The van der Waals surface area contributed by atoms with Crippen LogP contribution in [0.3, 0.4) is 0 Å². The summed E-state index contributed by atoms with van der Waals surface area (Å²) in [4.78, 5) is 2.73. The van der Waals surface area contributed by atoms with E-state index in [9.17, 15) is 0 Å². The summed E-state index contributed by atoms with van der Waals surface area (Å²) in [7, 11) is 0. The lowest BCUT2D eigenvalue weighted by molar-refractivity contribution is 0.0967. The molecule has 0 amide bonds. The smallest absolute Gasteiger partial charge is 0.00106 e. The van der Waals surface area contributed by atoms with Gasteiger partial charge in [-0.05, 0) is 50.2 Å². The highest BCUT2D eigenvalue weighted by molar-refractivity contribution is 4.85. The van der Waals surface area contributed by atoms with Gasteiger partial charge in [-0.15, -0.1) is 0 Å². The molecule has 1 aliphatic heterocycles. The average molecular weight is 367 g/mol. The molecule has 1 rings (SSSR count). The molecule has 0 radical (unpaired) electrons. The first-order valence-electron chi connectivity index (χ1n) is 11.9. The third kappa shape index (κ3) is 10.9. The second kappa shape index (κ2) is 14.0. The van der Waals surface area contributed by atoms with Gasteiger partial charge in [0, 0.05) is 12.6 Å². The molecular weight excluding hydrogens is 316 g/mol. The number of piperidine rings is 1. The van der Waals surface area contributed by atoms with Crippen LogP contribution < -0.4 is 5.32 Å². The third-order valence-electron chi connectivity index (χ3n) is 6.49. The van der Waals surface area contributed by atoms with Crippen molar-refractivity contribution >= 4 is 0 Å². The van der Waals surface area contributed by atoms with Crippen LogP contribution in [0.5, 0.6) is 0 Å². The van der Waals surface area contributed by atoms with Crippen molar-refractivity contribution in [3.8, 4) is 0 Å². The summed E-state index contributed by atoms with van der Waals surface area (Å²) in [5, 5.41) is 3.65. The maximum atomic E-state index is 3.65. The van der Waals surface area contributed by atoms with Crippen LogP contribution in [-0.4, -0.2) is 37.1 Å². The number of nitrogens with zero attached hydrogens (tertiary/aromatic N) is 1. The standard InChI is InChI=1S/C24H50N2/c1-6-7-8-9-10-11-12-13-14-15-18-26-19-16-23(17-20-26)24(4,5)21-25-22(2)3/h22-23,25H,6-21H2,1-5H3. The van der Waals surface area contributed by atoms with Crippen molar-refractivity contribution < 1.29 is 0 Å². The van der Waals surface area contributed by atoms with Gasteiger partial charge >= 0.3 is 0 Å². The largest absolute Gasteiger partial charge is 0.314 e. The molecule has 26 heavy (non-hydrogen) atoms. The number of hydrogen-bond donors (Lipinski definition) is 1. The van der Waals surface area contributed by atoms with Gasteiger partial charge in [0.05, 0.1) is 0 Å². The highest BCUT2D eigenvalue weighted by Crippen LogP contribution is 2.34. The molecule has 0 unspecified atom stereocenters. The second-order valence-corrected chi connectivity index (χ2v) is 9.82. The van der Waals surface area contributed by atoms with Crippen LogP contribution in [-0.2, 0) is 0 Å². The molecule has 0 aromatic rings. The fraction of sp³-hybridized carbons (Fsp3) is 1.00. The normalized spacial score (nSPS) is 17.3. The fourth-order valence-electron chi connectivity index (χ4n) is 4.37. The van der Waals surface area contributed by atoms with E-state index in [1.165, 1.54) is 96.7 Å². The van der Waals surface area contributed by atoms with Gasteiger partial charge in [-0.1, -0.05) is 92.4 Å². The zero-order valence-electron chi connectivity index (χ0n) is 18.9.